The largest absolute Gasteiger partial charge is 0.338 e. The molecule has 2 aromatic rings. The van der Waals surface area contributed by atoms with Crippen LogP contribution < -0.4 is 16.2 Å². The minimum absolute atomic E-state index is 0.00762. The Morgan fingerprint density at radius 3 is 2.71 bits per heavy atom. The summed E-state index contributed by atoms with van der Waals surface area (Å²) in [7, 11) is 0. The van der Waals surface area contributed by atoms with Gasteiger partial charge in [-0.05, 0) is 36.8 Å². The second-order valence-corrected chi connectivity index (χ2v) is 6.56. The van der Waals surface area contributed by atoms with E-state index in [0.717, 1.165) is 29.2 Å². The van der Waals surface area contributed by atoms with Gasteiger partial charge in [0.1, 0.15) is 0 Å². The highest BCUT2D eigenvalue weighted by Gasteiger charge is 2.05. The van der Waals surface area contributed by atoms with E-state index in [9.17, 15) is 9.59 Å². The van der Waals surface area contributed by atoms with E-state index in [0.29, 0.717) is 13.1 Å². The molecule has 24 heavy (non-hydrogen) atoms. The van der Waals surface area contributed by atoms with Gasteiger partial charge in [-0.1, -0.05) is 25.1 Å². The maximum atomic E-state index is 12.0. The van der Waals surface area contributed by atoms with E-state index in [4.69, 9.17) is 0 Å². The number of amides is 2. The maximum absolute atomic E-state index is 12.0. The van der Waals surface area contributed by atoms with Gasteiger partial charge in [-0.15, -0.1) is 11.8 Å². The first-order chi connectivity index (χ1) is 11.7. The lowest BCUT2D eigenvalue weighted by Gasteiger charge is -2.11. The van der Waals surface area contributed by atoms with Crippen LogP contribution in [0.5, 0.6) is 0 Å². The number of nitrogens with one attached hydrogen (secondary N) is 2. The van der Waals surface area contributed by atoms with Crippen LogP contribution in [0.4, 0.5) is 10.5 Å². The summed E-state index contributed by atoms with van der Waals surface area (Å²) in [5.41, 5.74) is 0.839. The van der Waals surface area contributed by atoms with E-state index in [1.807, 2.05) is 30.3 Å². The summed E-state index contributed by atoms with van der Waals surface area (Å²) >= 11 is 1.70. The fourth-order valence-corrected chi connectivity index (χ4v) is 3.03. The second-order valence-electron chi connectivity index (χ2n) is 5.25. The first-order valence-electron chi connectivity index (χ1n) is 8.13. The number of rotatable bonds is 8. The zero-order valence-electron chi connectivity index (χ0n) is 13.8. The van der Waals surface area contributed by atoms with E-state index >= 15 is 0 Å². The number of pyridine rings is 1. The number of unbranched alkanes of at least 4 members (excludes halogenated alkanes) is 1. The summed E-state index contributed by atoms with van der Waals surface area (Å²) in [5, 5.41) is 5.74. The molecule has 5 nitrogen and oxygen atoms in total. The fourth-order valence-electron chi connectivity index (χ4n) is 2.27. The van der Waals surface area contributed by atoms with Crippen LogP contribution in [0.25, 0.3) is 0 Å². The van der Waals surface area contributed by atoms with E-state index in [1.54, 1.807) is 34.7 Å². The number of aryl methyl sites for hydroxylation is 1. The Hall–Kier alpha value is -2.21. The molecular weight excluding hydrogens is 322 g/mol. The Morgan fingerprint density at radius 1 is 1.12 bits per heavy atom. The molecule has 0 radical (unpaired) electrons. The van der Waals surface area contributed by atoms with Crippen LogP contribution in [-0.2, 0) is 6.54 Å². The zero-order chi connectivity index (χ0) is 17.2. The van der Waals surface area contributed by atoms with Crippen molar-refractivity contribution in [2.45, 2.75) is 31.2 Å². The molecule has 0 spiro atoms. The molecule has 0 atom stereocenters. The van der Waals surface area contributed by atoms with Crippen molar-refractivity contribution >= 4 is 23.5 Å². The minimum atomic E-state index is -0.198. The summed E-state index contributed by atoms with van der Waals surface area (Å²) in [6, 6.07) is 12.7. The van der Waals surface area contributed by atoms with Crippen LogP contribution >= 0.6 is 11.8 Å². The summed E-state index contributed by atoms with van der Waals surface area (Å²) in [6.07, 6.45) is 3.44. The minimum Gasteiger partial charge on any atom is -0.338 e. The third-order valence-corrected chi connectivity index (χ3v) is 4.40. The number of carbonyl (C=O) groups is 1. The summed E-state index contributed by atoms with van der Waals surface area (Å²) in [6.45, 7) is 3.33. The van der Waals surface area contributed by atoms with E-state index in [-0.39, 0.29) is 11.6 Å². The number of nitrogens with zero attached hydrogens (tertiary/aromatic N) is 1. The predicted octanol–water partition coefficient (Wildman–Crippen LogP) is 3.56. The molecule has 1 aromatic carbocycles. The topological polar surface area (TPSA) is 63.1 Å². The third-order valence-electron chi connectivity index (χ3n) is 3.45. The van der Waals surface area contributed by atoms with Gasteiger partial charge >= 0.3 is 6.03 Å². The molecule has 0 aliphatic rings. The Bertz CT molecular complexity index is 715. The molecule has 0 aliphatic carbocycles. The van der Waals surface area contributed by atoms with Gasteiger partial charge in [-0.2, -0.15) is 0 Å². The molecule has 0 aliphatic heterocycles. The van der Waals surface area contributed by atoms with E-state index in [2.05, 4.69) is 17.6 Å². The molecule has 0 fully saturated rings. The molecule has 128 valence electrons. The van der Waals surface area contributed by atoms with Crippen molar-refractivity contribution in [1.82, 2.24) is 9.88 Å². The highest BCUT2D eigenvalue weighted by Crippen LogP contribution is 2.26. The van der Waals surface area contributed by atoms with Crippen molar-refractivity contribution in [2.75, 3.05) is 17.6 Å². The average molecular weight is 345 g/mol. The lowest BCUT2D eigenvalue weighted by atomic mass is 10.3. The van der Waals surface area contributed by atoms with Crippen molar-refractivity contribution in [3.8, 4) is 0 Å². The lowest BCUT2D eigenvalue weighted by Crippen LogP contribution is -2.30. The first-order valence-corrected chi connectivity index (χ1v) is 9.11. The van der Waals surface area contributed by atoms with Crippen molar-refractivity contribution in [3.63, 3.8) is 0 Å². The number of benzene rings is 1. The Kier molecular flexibility index (Phi) is 7.42. The van der Waals surface area contributed by atoms with Gasteiger partial charge in [0.25, 0.3) is 0 Å². The molecule has 1 heterocycles. The van der Waals surface area contributed by atoms with Crippen LogP contribution in [0, 0.1) is 0 Å². The summed E-state index contributed by atoms with van der Waals surface area (Å²) in [5.74, 6) is 0.958. The number of carbonyl (C=O) groups excluding carboxylic acids is 1. The number of hydrogen-bond donors (Lipinski definition) is 2. The van der Waals surface area contributed by atoms with Crippen LogP contribution in [0.3, 0.4) is 0 Å². The molecule has 1 aromatic heterocycles. The SMILES string of the molecule is CCSc1ccccc1NC(=O)NCCCCn1ccccc1=O. The van der Waals surface area contributed by atoms with Crippen molar-refractivity contribution in [2.24, 2.45) is 0 Å². The highest BCUT2D eigenvalue weighted by atomic mass is 32.2. The zero-order valence-corrected chi connectivity index (χ0v) is 14.6. The molecule has 0 saturated heterocycles. The molecule has 0 saturated carbocycles. The predicted molar refractivity (Wildman–Crippen MR) is 99.8 cm³/mol. The molecule has 2 rings (SSSR count). The van der Waals surface area contributed by atoms with E-state index < -0.39 is 0 Å². The quantitative estimate of drug-likeness (QED) is 0.568. The third kappa shape index (κ3) is 5.77. The molecule has 2 N–H and O–H groups in total. The lowest BCUT2D eigenvalue weighted by molar-refractivity contribution is 0.252. The monoisotopic (exact) mass is 345 g/mol. The Balaban J connectivity index is 1.70. The van der Waals surface area contributed by atoms with Gasteiger partial charge in [0.05, 0.1) is 5.69 Å². The number of hydrogen-bond acceptors (Lipinski definition) is 3. The number of urea groups is 1. The molecule has 6 heteroatoms. The first kappa shape index (κ1) is 18.1. The smallest absolute Gasteiger partial charge is 0.319 e. The highest BCUT2D eigenvalue weighted by molar-refractivity contribution is 7.99. The van der Waals surface area contributed by atoms with Gasteiger partial charge < -0.3 is 15.2 Å². The van der Waals surface area contributed by atoms with Crippen molar-refractivity contribution in [1.29, 1.82) is 0 Å². The van der Waals surface area contributed by atoms with Gasteiger partial charge in [0.2, 0.25) is 5.56 Å². The normalized spacial score (nSPS) is 10.4. The van der Waals surface area contributed by atoms with Crippen LogP contribution in [0.2, 0.25) is 0 Å². The maximum Gasteiger partial charge on any atom is 0.319 e. The number of thioether (sulfide) groups is 1. The number of anilines is 1. The summed E-state index contributed by atoms with van der Waals surface area (Å²) < 4.78 is 1.68. The van der Waals surface area contributed by atoms with Crippen LogP contribution in [-0.4, -0.2) is 22.9 Å². The van der Waals surface area contributed by atoms with Crippen LogP contribution in [0.1, 0.15) is 19.8 Å². The van der Waals surface area contributed by atoms with Crippen LogP contribution in [0.15, 0.2) is 58.4 Å². The molecule has 0 bridgehead atoms. The van der Waals surface area contributed by atoms with Gasteiger partial charge in [0, 0.05) is 30.2 Å². The van der Waals surface area contributed by atoms with Gasteiger partial charge in [0.15, 0.2) is 0 Å². The average Bonchev–Trinajstić information content (AvgIpc) is 2.58. The van der Waals surface area contributed by atoms with E-state index in [1.165, 1.54) is 0 Å². The van der Waals surface area contributed by atoms with Crippen molar-refractivity contribution in [3.05, 3.63) is 59.0 Å². The number of aromatic nitrogens is 1. The summed E-state index contributed by atoms with van der Waals surface area (Å²) in [4.78, 5) is 24.6. The molecule has 0 unspecified atom stereocenters. The van der Waals surface area contributed by atoms with Crippen molar-refractivity contribution < 1.29 is 4.79 Å². The van der Waals surface area contributed by atoms with Gasteiger partial charge in [-0.25, -0.2) is 4.79 Å². The molecule has 2 amide bonds. The Labute approximate surface area is 146 Å². The number of para-hydroxylation sites is 1. The standard InChI is InChI=1S/C18H23N3O2S/c1-2-24-16-10-4-3-9-15(16)20-18(23)19-12-6-8-14-21-13-7-5-11-17(21)22/h3-5,7,9-11,13H,2,6,8,12,14H2,1H3,(H2,19,20,23). The molecular formula is C18H23N3O2S. The van der Waals surface area contributed by atoms with Gasteiger partial charge in [-0.3, -0.25) is 4.79 Å². The Morgan fingerprint density at radius 2 is 1.92 bits per heavy atom. The second kappa shape index (κ2) is 9.82. The fraction of sp³-hybridized carbons (Fsp3) is 0.333.